The molecule has 0 atom stereocenters. The summed E-state index contributed by atoms with van der Waals surface area (Å²) in [5.74, 6) is -2.88. The van der Waals surface area contributed by atoms with E-state index in [9.17, 15) is 8.78 Å². The highest BCUT2D eigenvalue weighted by Crippen LogP contribution is 2.43. The van der Waals surface area contributed by atoms with Crippen LogP contribution in [0.5, 0.6) is 0 Å². The Bertz CT molecular complexity index is 1070. The molecule has 2 nitrogen and oxygen atoms in total. The van der Waals surface area contributed by atoms with Gasteiger partial charge in [-0.3, -0.25) is 4.99 Å². The standard InChI is InChI=1S/C28H32F2N2/c1-19-9-12-23(13-10-19)26-22(4)32(28(31-26)15-7-6-8-16-28)18-21(3)24-14-11-20(2)25(17-24)27(5,29)30/h9-14,17H,3-4,6-8,15-16,18H2,1-2,5H3. The van der Waals surface area contributed by atoms with Gasteiger partial charge in [-0.15, -0.1) is 0 Å². The third-order valence-corrected chi connectivity index (χ3v) is 6.87. The lowest BCUT2D eigenvalue weighted by Gasteiger charge is -2.41. The van der Waals surface area contributed by atoms with Gasteiger partial charge in [-0.25, -0.2) is 8.78 Å². The molecular formula is C28H32F2N2. The zero-order chi connectivity index (χ0) is 23.1. The van der Waals surface area contributed by atoms with Gasteiger partial charge < -0.3 is 4.90 Å². The molecule has 1 fully saturated rings. The van der Waals surface area contributed by atoms with Crippen LogP contribution in [0.3, 0.4) is 0 Å². The summed E-state index contributed by atoms with van der Waals surface area (Å²) in [4.78, 5) is 7.51. The summed E-state index contributed by atoms with van der Waals surface area (Å²) in [7, 11) is 0. The Balaban J connectivity index is 1.66. The van der Waals surface area contributed by atoms with Crippen molar-refractivity contribution in [1.82, 2.24) is 4.90 Å². The van der Waals surface area contributed by atoms with Crippen molar-refractivity contribution in [3.05, 3.63) is 89.1 Å². The van der Waals surface area contributed by atoms with E-state index in [1.807, 2.05) is 6.07 Å². The van der Waals surface area contributed by atoms with E-state index in [0.29, 0.717) is 12.1 Å². The first-order valence-corrected chi connectivity index (χ1v) is 11.4. The van der Waals surface area contributed by atoms with Crippen molar-refractivity contribution in [1.29, 1.82) is 0 Å². The number of aryl methyl sites for hydroxylation is 2. The first kappa shape index (κ1) is 22.4. The summed E-state index contributed by atoms with van der Waals surface area (Å²) in [5, 5.41) is 0. The second kappa shape index (κ2) is 8.31. The summed E-state index contributed by atoms with van der Waals surface area (Å²) in [6.45, 7) is 14.0. The number of hydrogen-bond acceptors (Lipinski definition) is 2. The van der Waals surface area contributed by atoms with E-state index in [2.05, 4.69) is 49.2 Å². The third kappa shape index (κ3) is 4.15. The second-order valence-corrected chi connectivity index (χ2v) is 9.42. The van der Waals surface area contributed by atoms with Gasteiger partial charge in [-0.05, 0) is 62.3 Å². The average Bonchev–Trinajstić information content (AvgIpc) is 3.00. The van der Waals surface area contributed by atoms with Gasteiger partial charge in [0.15, 0.2) is 0 Å². The molecule has 1 aliphatic carbocycles. The number of halogens is 2. The van der Waals surface area contributed by atoms with Gasteiger partial charge >= 0.3 is 0 Å². The lowest BCUT2D eigenvalue weighted by Crippen LogP contribution is -2.45. The van der Waals surface area contributed by atoms with Crippen LogP contribution in [0, 0.1) is 13.8 Å². The smallest absolute Gasteiger partial charge is 0.270 e. The van der Waals surface area contributed by atoms with Crippen LogP contribution < -0.4 is 0 Å². The van der Waals surface area contributed by atoms with Crippen LogP contribution in [0.25, 0.3) is 5.57 Å². The molecule has 2 aromatic rings. The maximum atomic E-state index is 14.1. The Morgan fingerprint density at radius 3 is 2.34 bits per heavy atom. The minimum Gasteiger partial charge on any atom is -0.341 e. The average molecular weight is 435 g/mol. The maximum absolute atomic E-state index is 14.1. The summed E-state index contributed by atoms with van der Waals surface area (Å²) in [6, 6.07) is 13.6. The molecular weight excluding hydrogens is 402 g/mol. The van der Waals surface area contributed by atoms with Crippen LogP contribution >= 0.6 is 0 Å². The van der Waals surface area contributed by atoms with Crippen LogP contribution in [-0.2, 0) is 5.92 Å². The molecule has 1 saturated carbocycles. The molecule has 4 rings (SSSR count). The van der Waals surface area contributed by atoms with Gasteiger partial charge in [-0.1, -0.05) is 61.5 Å². The van der Waals surface area contributed by atoms with Crippen LogP contribution in [0.2, 0.25) is 0 Å². The molecule has 0 aromatic heterocycles. The molecule has 32 heavy (non-hydrogen) atoms. The van der Waals surface area contributed by atoms with Crippen molar-refractivity contribution in [2.75, 3.05) is 6.54 Å². The first-order valence-electron chi connectivity index (χ1n) is 11.4. The maximum Gasteiger partial charge on any atom is 0.270 e. The van der Waals surface area contributed by atoms with Gasteiger partial charge in [0.05, 0.1) is 11.4 Å². The Morgan fingerprint density at radius 2 is 1.72 bits per heavy atom. The molecule has 0 N–H and O–H groups in total. The quantitative estimate of drug-likeness (QED) is 0.478. The third-order valence-electron chi connectivity index (χ3n) is 6.87. The van der Waals surface area contributed by atoms with Gasteiger partial charge in [0.25, 0.3) is 5.92 Å². The number of hydrogen-bond donors (Lipinski definition) is 0. The fourth-order valence-corrected chi connectivity index (χ4v) is 4.99. The predicted octanol–water partition coefficient (Wildman–Crippen LogP) is 7.41. The summed E-state index contributed by atoms with van der Waals surface area (Å²) < 4.78 is 28.2. The van der Waals surface area contributed by atoms with E-state index in [-0.39, 0.29) is 11.2 Å². The van der Waals surface area contributed by atoms with Crippen LogP contribution in [0.4, 0.5) is 8.78 Å². The van der Waals surface area contributed by atoms with E-state index in [1.54, 1.807) is 19.1 Å². The van der Waals surface area contributed by atoms with Crippen molar-refractivity contribution in [2.24, 2.45) is 4.99 Å². The van der Waals surface area contributed by atoms with E-state index >= 15 is 0 Å². The highest BCUT2D eigenvalue weighted by atomic mass is 19.3. The number of allylic oxidation sites excluding steroid dienone is 1. The Hall–Kier alpha value is -2.75. The Morgan fingerprint density at radius 1 is 1.06 bits per heavy atom. The van der Waals surface area contributed by atoms with Crippen molar-refractivity contribution >= 4 is 11.3 Å². The van der Waals surface area contributed by atoms with Crippen LogP contribution in [0.15, 0.2) is 66.3 Å². The number of rotatable bonds is 5. The highest BCUT2D eigenvalue weighted by molar-refractivity contribution is 6.13. The first-order chi connectivity index (χ1) is 15.1. The molecule has 0 radical (unpaired) electrons. The number of aliphatic imine (C=N–C) groups is 1. The Labute approximate surface area is 190 Å². The minimum atomic E-state index is -2.88. The lowest BCUT2D eigenvalue weighted by molar-refractivity contribution is 0.0168. The van der Waals surface area contributed by atoms with Crippen molar-refractivity contribution < 1.29 is 8.78 Å². The number of nitrogens with zero attached hydrogens (tertiary/aromatic N) is 2. The van der Waals surface area contributed by atoms with Gasteiger partial charge in [-0.2, -0.15) is 0 Å². The van der Waals surface area contributed by atoms with E-state index < -0.39 is 5.92 Å². The largest absolute Gasteiger partial charge is 0.341 e. The molecule has 0 bridgehead atoms. The molecule has 4 heteroatoms. The van der Waals surface area contributed by atoms with E-state index in [1.165, 1.54) is 12.0 Å². The lowest BCUT2D eigenvalue weighted by atomic mass is 9.88. The van der Waals surface area contributed by atoms with Gasteiger partial charge in [0, 0.05) is 24.6 Å². The molecule has 1 spiro atoms. The minimum absolute atomic E-state index is 0.0559. The topological polar surface area (TPSA) is 15.6 Å². The van der Waals surface area contributed by atoms with Crippen molar-refractivity contribution in [3.63, 3.8) is 0 Å². The van der Waals surface area contributed by atoms with Crippen LogP contribution in [-0.4, -0.2) is 22.8 Å². The fourth-order valence-electron chi connectivity index (χ4n) is 4.99. The zero-order valence-corrected chi connectivity index (χ0v) is 19.3. The molecule has 1 heterocycles. The number of alkyl halides is 2. The predicted molar refractivity (Wildman–Crippen MR) is 129 cm³/mol. The fraction of sp³-hybridized carbons (Fsp3) is 0.393. The second-order valence-electron chi connectivity index (χ2n) is 9.42. The van der Waals surface area contributed by atoms with Crippen molar-refractivity contribution in [3.8, 4) is 0 Å². The van der Waals surface area contributed by atoms with Crippen LogP contribution in [0.1, 0.15) is 66.8 Å². The normalized spacial score (nSPS) is 18.2. The molecule has 0 amide bonds. The van der Waals surface area contributed by atoms with Gasteiger partial charge in [0.2, 0.25) is 0 Å². The van der Waals surface area contributed by atoms with Gasteiger partial charge in [0.1, 0.15) is 5.66 Å². The Kier molecular flexibility index (Phi) is 5.83. The molecule has 168 valence electrons. The zero-order valence-electron chi connectivity index (χ0n) is 19.3. The number of benzene rings is 2. The molecule has 0 saturated heterocycles. The van der Waals surface area contributed by atoms with Crippen molar-refractivity contribution in [2.45, 2.75) is 64.5 Å². The molecule has 1 aliphatic heterocycles. The molecule has 2 aromatic carbocycles. The van der Waals surface area contributed by atoms with E-state index in [4.69, 9.17) is 4.99 Å². The van der Waals surface area contributed by atoms with E-state index in [0.717, 1.165) is 60.7 Å². The summed E-state index contributed by atoms with van der Waals surface area (Å²) in [5.41, 5.74) is 5.99. The molecule has 0 unspecified atom stereocenters. The monoisotopic (exact) mass is 434 g/mol. The summed E-state index contributed by atoms with van der Waals surface area (Å²) >= 11 is 0. The summed E-state index contributed by atoms with van der Waals surface area (Å²) in [6.07, 6.45) is 5.41. The highest BCUT2D eigenvalue weighted by Gasteiger charge is 2.44. The SMILES string of the molecule is C=C(CN1C(=C)C(c2ccc(C)cc2)=NC12CCCCC2)c1ccc(C)c(C(C)(F)F)c1. The molecule has 2 aliphatic rings.